The van der Waals surface area contributed by atoms with Crippen LogP contribution in [0.1, 0.15) is 63.2 Å². The van der Waals surface area contributed by atoms with Gasteiger partial charge in [-0.2, -0.15) is 5.10 Å². The van der Waals surface area contributed by atoms with Crippen LogP contribution in [0.15, 0.2) is 42.5 Å². The van der Waals surface area contributed by atoms with Gasteiger partial charge in [-0.05, 0) is 86.0 Å². The van der Waals surface area contributed by atoms with Crippen molar-refractivity contribution in [2.24, 2.45) is 0 Å². The number of hydrogen-bond donors (Lipinski definition) is 2. The molecule has 0 radical (unpaired) electrons. The second-order valence-corrected chi connectivity index (χ2v) is 12.7. The molecule has 0 spiro atoms. The number of halogens is 2. The van der Waals surface area contributed by atoms with Crippen molar-refractivity contribution < 1.29 is 14.3 Å². The van der Waals surface area contributed by atoms with Gasteiger partial charge in [0.25, 0.3) is 5.91 Å². The number of rotatable bonds is 6. The van der Waals surface area contributed by atoms with E-state index in [4.69, 9.17) is 33.0 Å². The van der Waals surface area contributed by atoms with Crippen LogP contribution < -0.4 is 10.6 Å². The molecule has 2 amide bonds. The first kappa shape index (κ1) is 32.0. The van der Waals surface area contributed by atoms with E-state index in [1.54, 1.807) is 43.7 Å². The normalized spacial score (nSPS) is 11.6. The lowest BCUT2D eigenvalue weighted by Gasteiger charge is -2.20. The molecule has 0 aliphatic rings. The van der Waals surface area contributed by atoms with Crippen molar-refractivity contribution >= 4 is 35.2 Å². The Balaban J connectivity index is 2.05. The smallest absolute Gasteiger partial charge is 0.408 e. The molecule has 0 fully saturated rings. The zero-order chi connectivity index (χ0) is 30.5. The number of hydrogen-bond acceptors (Lipinski definition) is 5. The van der Waals surface area contributed by atoms with E-state index in [-0.39, 0.29) is 12.5 Å². The SMILES string of the molecule is CN(C)Cc1c(C(=O)NC(C)(C)C)nn(-c2ccc(C#CCNC(=O)OC(C)(C)C)cc2Cl)c1-c1ccc(Cl)cc1. The number of aromatic nitrogens is 2. The first-order valence-electron chi connectivity index (χ1n) is 13.1. The lowest BCUT2D eigenvalue weighted by Crippen LogP contribution is -2.41. The standard InChI is InChI=1S/C31H37Cl2N5O3/c1-30(2,3)35-28(39)26-23(19-37(7)8)27(21-12-14-22(32)15-13-21)38(36-26)25-16-11-20(18-24(25)33)10-9-17-34-29(40)41-31(4,5)6/h11-16,18H,17,19H2,1-8H3,(H,34,40)(H,35,39). The number of nitrogens with one attached hydrogen (secondary N) is 2. The van der Waals surface area contributed by atoms with E-state index in [9.17, 15) is 9.59 Å². The summed E-state index contributed by atoms with van der Waals surface area (Å²) in [5.41, 5.74) is 2.84. The lowest BCUT2D eigenvalue weighted by molar-refractivity contribution is 0.0535. The van der Waals surface area contributed by atoms with Crippen molar-refractivity contribution in [2.45, 2.75) is 59.2 Å². The summed E-state index contributed by atoms with van der Waals surface area (Å²) in [7, 11) is 3.87. The molecule has 3 aromatic rings. The van der Waals surface area contributed by atoms with E-state index >= 15 is 0 Å². The van der Waals surface area contributed by atoms with Crippen LogP contribution in [-0.4, -0.2) is 58.5 Å². The van der Waals surface area contributed by atoms with Gasteiger partial charge in [-0.25, -0.2) is 9.48 Å². The molecule has 2 N–H and O–H groups in total. The monoisotopic (exact) mass is 597 g/mol. The Bertz CT molecular complexity index is 1470. The summed E-state index contributed by atoms with van der Waals surface area (Å²) in [5, 5.41) is 11.4. The third kappa shape index (κ3) is 9.25. The van der Waals surface area contributed by atoms with Crippen LogP contribution in [0.4, 0.5) is 4.79 Å². The third-order valence-electron chi connectivity index (χ3n) is 5.41. The maximum absolute atomic E-state index is 13.4. The van der Waals surface area contributed by atoms with Crippen LogP contribution in [-0.2, 0) is 11.3 Å². The maximum atomic E-state index is 13.4. The van der Waals surface area contributed by atoms with Crippen molar-refractivity contribution in [2.75, 3.05) is 20.6 Å². The summed E-state index contributed by atoms with van der Waals surface area (Å²) in [4.78, 5) is 27.3. The van der Waals surface area contributed by atoms with Gasteiger partial charge in [0.1, 0.15) is 5.60 Å². The van der Waals surface area contributed by atoms with Crippen LogP contribution >= 0.6 is 23.2 Å². The highest BCUT2D eigenvalue weighted by molar-refractivity contribution is 6.32. The van der Waals surface area contributed by atoms with Crippen LogP contribution in [0.3, 0.4) is 0 Å². The van der Waals surface area contributed by atoms with Gasteiger partial charge in [0.05, 0.1) is 22.9 Å². The summed E-state index contributed by atoms with van der Waals surface area (Å²) < 4.78 is 6.92. The van der Waals surface area contributed by atoms with E-state index < -0.39 is 17.2 Å². The fourth-order valence-corrected chi connectivity index (χ4v) is 4.30. The van der Waals surface area contributed by atoms with E-state index in [2.05, 4.69) is 22.5 Å². The topological polar surface area (TPSA) is 88.5 Å². The summed E-state index contributed by atoms with van der Waals surface area (Å²) in [6, 6.07) is 12.7. The molecule has 10 heteroatoms. The minimum Gasteiger partial charge on any atom is -0.444 e. The second kappa shape index (κ2) is 13.0. The predicted octanol–water partition coefficient (Wildman–Crippen LogP) is 6.31. The molecule has 0 saturated carbocycles. The van der Waals surface area contributed by atoms with Gasteiger partial charge in [0.15, 0.2) is 5.69 Å². The average Bonchev–Trinajstić information content (AvgIpc) is 3.18. The number of ether oxygens (including phenoxy) is 1. The van der Waals surface area contributed by atoms with Crippen LogP contribution in [0.25, 0.3) is 16.9 Å². The molecule has 0 aliphatic carbocycles. The van der Waals surface area contributed by atoms with E-state index in [0.29, 0.717) is 33.5 Å². The highest BCUT2D eigenvalue weighted by Crippen LogP contribution is 2.34. The molecular weight excluding hydrogens is 561 g/mol. The van der Waals surface area contributed by atoms with E-state index in [1.807, 2.05) is 64.0 Å². The largest absolute Gasteiger partial charge is 0.444 e. The first-order valence-corrected chi connectivity index (χ1v) is 13.9. The molecule has 0 bridgehead atoms. The zero-order valence-corrected chi connectivity index (χ0v) is 26.3. The molecule has 0 aliphatic heterocycles. The summed E-state index contributed by atoms with van der Waals surface area (Å²) >= 11 is 13.0. The predicted molar refractivity (Wildman–Crippen MR) is 165 cm³/mol. The molecule has 2 aromatic carbocycles. The number of carbonyl (C=O) groups excluding carboxylic acids is 2. The Labute approximate surface area is 252 Å². The molecule has 3 rings (SSSR count). The van der Waals surface area contributed by atoms with Gasteiger partial charge < -0.3 is 20.3 Å². The quantitative estimate of drug-likeness (QED) is 0.325. The van der Waals surface area contributed by atoms with Crippen molar-refractivity contribution in [3.05, 3.63) is 69.3 Å². The van der Waals surface area contributed by atoms with Crippen molar-refractivity contribution in [1.29, 1.82) is 0 Å². The zero-order valence-electron chi connectivity index (χ0n) is 24.8. The van der Waals surface area contributed by atoms with Crippen LogP contribution in [0, 0.1) is 11.8 Å². The molecule has 1 aromatic heterocycles. The highest BCUT2D eigenvalue weighted by Gasteiger charge is 2.28. The van der Waals surface area contributed by atoms with Gasteiger partial charge in [-0.1, -0.05) is 47.2 Å². The van der Waals surface area contributed by atoms with E-state index in [1.165, 1.54) is 0 Å². The van der Waals surface area contributed by atoms with Crippen LogP contribution in [0.5, 0.6) is 0 Å². The minimum absolute atomic E-state index is 0.119. The number of nitrogens with zero attached hydrogens (tertiary/aromatic N) is 3. The van der Waals surface area contributed by atoms with Gasteiger partial charge in [-0.15, -0.1) is 0 Å². The number of alkyl carbamates (subject to hydrolysis) is 1. The Kier molecular flexibility index (Phi) is 10.1. The Morgan fingerprint density at radius 3 is 2.24 bits per heavy atom. The van der Waals surface area contributed by atoms with Crippen LogP contribution in [0.2, 0.25) is 10.0 Å². The fraction of sp³-hybridized carbons (Fsp3) is 0.387. The molecule has 0 saturated heterocycles. The van der Waals surface area contributed by atoms with Crippen molar-refractivity contribution in [3.8, 4) is 28.8 Å². The average molecular weight is 599 g/mol. The molecule has 41 heavy (non-hydrogen) atoms. The van der Waals surface area contributed by atoms with Crippen molar-refractivity contribution in [1.82, 2.24) is 25.3 Å². The van der Waals surface area contributed by atoms with Gasteiger partial charge in [0.2, 0.25) is 0 Å². The molecule has 218 valence electrons. The van der Waals surface area contributed by atoms with Gasteiger partial charge in [0, 0.05) is 33.8 Å². The van der Waals surface area contributed by atoms with Gasteiger partial charge in [-0.3, -0.25) is 4.79 Å². The minimum atomic E-state index is -0.585. The summed E-state index contributed by atoms with van der Waals surface area (Å²) in [5.74, 6) is 5.63. The molecular formula is C31H37Cl2N5O3. The third-order valence-corrected chi connectivity index (χ3v) is 5.96. The van der Waals surface area contributed by atoms with Crippen molar-refractivity contribution in [3.63, 3.8) is 0 Å². The van der Waals surface area contributed by atoms with E-state index in [0.717, 1.165) is 16.8 Å². The highest BCUT2D eigenvalue weighted by atomic mass is 35.5. The Hall–Kier alpha value is -3.51. The summed E-state index contributed by atoms with van der Waals surface area (Å²) in [6.07, 6.45) is -0.534. The lowest BCUT2D eigenvalue weighted by atomic mass is 10.0. The summed E-state index contributed by atoms with van der Waals surface area (Å²) in [6.45, 7) is 11.7. The molecule has 8 nitrogen and oxygen atoms in total. The molecule has 0 unspecified atom stereocenters. The number of amides is 2. The second-order valence-electron chi connectivity index (χ2n) is 11.9. The maximum Gasteiger partial charge on any atom is 0.408 e. The first-order chi connectivity index (χ1) is 19.0. The number of benzene rings is 2. The molecule has 1 heterocycles. The fourth-order valence-electron chi connectivity index (χ4n) is 3.91. The number of carbonyl (C=O) groups is 2. The van der Waals surface area contributed by atoms with Gasteiger partial charge >= 0.3 is 6.09 Å². The molecule has 0 atom stereocenters. The Morgan fingerprint density at radius 2 is 1.68 bits per heavy atom. The Morgan fingerprint density at radius 1 is 1.02 bits per heavy atom.